The zero-order valence-electron chi connectivity index (χ0n) is 5.27. The lowest BCUT2D eigenvalue weighted by Gasteiger charge is -1.85. The molecule has 0 unspecified atom stereocenters. The van der Waals surface area contributed by atoms with Crippen molar-refractivity contribution in [2.75, 3.05) is 6.54 Å². The first kappa shape index (κ1) is 7.05. The van der Waals surface area contributed by atoms with Crippen LogP contribution in [-0.2, 0) is 6.42 Å². The molecule has 0 aromatic carbocycles. The Labute approximate surface area is 62.2 Å². The van der Waals surface area contributed by atoms with Crippen molar-refractivity contribution in [1.82, 2.24) is 4.98 Å². The first-order valence-corrected chi connectivity index (χ1v) is 3.75. The third-order valence-corrected chi connectivity index (χ3v) is 1.65. The minimum Gasteiger partial charge on any atom is -0.250 e. The fraction of sp³-hybridized carbons (Fsp3) is 0.400. The first-order chi connectivity index (χ1) is 4.93. The summed E-state index contributed by atoms with van der Waals surface area (Å²) in [6.45, 7) is 0.500. The highest BCUT2D eigenvalue weighted by atomic mass is 32.1. The van der Waals surface area contributed by atoms with Crippen molar-refractivity contribution in [1.29, 1.82) is 0 Å². The summed E-state index contributed by atoms with van der Waals surface area (Å²) in [5, 5.41) is 5.34. The van der Waals surface area contributed by atoms with Gasteiger partial charge < -0.3 is 0 Å². The first-order valence-electron chi connectivity index (χ1n) is 2.81. The van der Waals surface area contributed by atoms with Crippen LogP contribution in [-0.4, -0.2) is 11.5 Å². The second kappa shape index (κ2) is 3.87. The molecule has 1 heterocycles. The van der Waals surface area contributed by atoms with Crippen LogP contribution in [0.2, 0.25) is 0 Å². The van der Waals surface area contributed by atoms with E-state index in [1.54, 1.807) is 16.8 Å². The molecule has 0 spiro atoms. The topological polar surface area (TPSA) is 61.7 Å². The highest BCUT2D eigenvalue weighted by Gasteiger charge is 1.90. The number of aromatic nitrogens is 1. The third kappa shape index (κ3) is 2.05. The van der Waals surface area contributed by atoms with Gasteiger partial charge in [-0.3, -0.25) is 0 Å². The summed E-state index contributed by atoms with van der Waals surface area (Å²) in [6.07, 6.45) is 0.744. The van der Waals surface area contributed by atoms with Gasteiger partial charge in [-0.1, -0.05) is 5.11 Å². The minimum atomic E-state index is 0.500. The van der Waals surface area contributed by atoms with Crippen molar-refractivity contribution >= 4 is 11.3 Å². The van der Waals surface area contributed by atoms with E-state index in [0.29, 0.717) is 6.54 Å². The average molecular weight is 154 g/mol. The second-order valence-electron chi connectivity index (χ2n) is 1.68. The molecule has 1 rings (SSSR count). The third-order valence-electron chi connectivity index (χ3n) is 1.01. The number of rotatable bonds is 3. The molecule has 4 nitrogen and oxygen atoms in total. The van der Waals surface area contributed by atoms with E-state index in [4.69, 9.17) is 5.53 Å². The smallest absolute Gasteiger partial charge is 0.0794 e. The van der Waals surface area contributed by atoms with Gasteiger partial charge in [-0.05, 0) is 12.0 Å². The van der Waals surface area contributed by atoms with Gasteiger partial charge in [0.15, 0.2) is 0 Å². The number of hydrogen-bond donors (Lipinski definition) is 0. The molecule has 1 aromatic heterocycles. The molecule has 52 valence electrons. The summed E-state index contributed by atoms with van der Waals surface area (Å²) in [5.74, 6) is 0. The molecular weight excluding hydrogens is 148 g/mol. The Morgan fingerprint density at radius 1 is 1.80 bits per heavy atom. The van der Waals surface area contributed by atoms with Crippen LogP contribution in [0.3, 0.4) is 0 Å². The van der Waals surface area contributed by atoms with E-state index in [0.717, 1.165) is 12.1 Å². The molecule has 5 heteroatoms. The Kier molecular flexibility index (Phi) is 2.73. The van der Waals surface area contributed by atoms with E-state index in [9.17, 15) is 0 Å². The van der Waals surface area contributed by atoms with Gasteiger partial charge in [0.25, 0.3) is 0 Å². The number of hydrogen-bond acceptors (Lipinski definition) is 3. The molecule has 0 aliphatic rings. The summed E-state index contributed by atoms with van der Waals surface area (Å²) in [7, 11) is 0. The monoisotopic (exact) mass is 154 g/mol. The van der Waals surface area contributed by atoms with E-state index >= 15 is 0 Å². The Bertz CT molecular complexity index is 224. The molecular formula is C5H6N4S. The summed E-state index contributed by atoms with van der Waals surface area (Å²) in [5.41, 5.74) is 10.7. The van der Waals surface area contributed by atoms with Gasteiger partial charge in [0.05, 0.1) is 11.2 Å². The van der Waals surface area contributed by atoms with Crippen LogP contribution in [0, 0.1) is 0 Å². The molecule has 1 aromatic rings. The zero-order valence-corrected chi connectivity index (χ0v) is 6.08. The maximum Gasteiger partial charge on any atom is 0.0794 e. The van der Waals surface area contributed by atoms with Crippen LogP contribution >= 0.6 is 11.3 Å². The molecule has 0 amide bonds. The molecule has 0 radical (unpaired) electrons. The SMILES string of the molecule is [N-]=[N+]=NCCc1cscn1. The molecule has 0 fully saturated rings. The molecule has 0 saturated carbocycles. The lowest BCUT2D eigenvalue weighted by Crippen LogP contribution is -1.86. The second-order valence-corrected chi connectivity index (χ2v) is 2.40. The number of thiazole rings is 1. The normalized spacial score (nSPS) is 8.80. The molecule has 0 N–H and O–H groups in total. The molecule has 0 aliphatic carbocycles. The Hall–Kier alpha value is -1.06. The molecule has 0 atom stereocenters. The summed E-state index contributed by atoms with van der Waals surface area (Å²) >= 11 is 1.55. The number of nitrogens with zero attached hydrogens (tertiary/aromatic N) is 4. The quantitative estimate of drug-likeness (QED) is 0.373. The summed E-state index contributed by atoms with van der Waals surface area (Å²) in [6, 6.07) is 0. The van der Waals surface area contributed by atoms with Gasteiger partial charge in [0.1, 0.15) is 0 Å². The van der Waals surface area contributed by atoms with Crippen LogP contribution in [0.25, 0.3) is 10.4 Å². The van der Waals surface area contributed by atoms with Crippen LogP contribution in [0.5, 0.6) is 0 Å². The fourth-order valence-electron chi connectivity index (χ4n) is 0.570. The summed E-state index contributed by atoms with van der Waals surface area (Å²) < 4.78 is 0. The minimum absolute atomic E-state index is 0.500. The molecule has 0 aliphatic heterocycles. The Morgan fingerprint density at radius 3 is 3.30 bits per heavy atom. The molecule has 10 heavy (non-hydrogen) atoms. The van der Waals surface area contributed by atoms with E-state index < -0.39 is 0 Å². The summed E-state index contributed by atoms with van der Waals surface area (Å²) in [4.78, 5) is 6.66. The fourth-order valence-corrected chi connectivity index (χ4v) is 1.16. The van der Waals surface area contributed by atoms with Crippen LogP contribution < -0.4 is 0 Å². The van der Waals surface area contributed by atoms with E-state index in [1.807, 2.05) is 5.38 Å². The van der Waals surface area contributed by atoms with Gasteiger partial charge >= 0.3 is 0 Å². The Morgan fingerprint density at radius 2 is 2.70 bits per heavy atom. The number of azide groups is 1. The van der Waals surface area contributed by atoms with Crippen molar-refractivity contribution in [3.63, 3.8) is 0 Å². The van der Waals surface area contributed by atoms with Gasteiger partial charge in [0, 0.05) is 16.8 Å². The highest BCUT2D eigenvalue weighted by molar-refractivity contribution is 7.07. The van der Waals surface area contributed by atoms with Gasteiger partial charge in [-0.25, -0.2) is 4.98 Å². The molecule has 0 saturated heterocycles. The Balaban J connectivity index is 2.34. The predicted octanol–water partition coefficient (Wildman–Crippen LogP) is 2.00. The van der Waals surface area contributed by atoms with Crippen molar-refractivity contribution < 1.29 is 0 Å². The van der Waals surface area contributed by atoms with Crippen molar-refractivity contribution in [2.45, 2.75) is 6.42 Å². The van der Waals surface area contributed by atoms with Crippen molar-refractivity contribution in [3.8, 4) is 0 Å². The van der Waals surface area contributed by atoms with Crippen LogP contribution in [0.4, 0.5) is 0 Å². The van der Waals surface area contributed by atoms with Gasteiger partial charge in [-0.2, -0.15) is 0 Å². The highest BCUT2D eigenvalue weighted by Crippen LogP contribution is 2.01. The van der Waals surface area contributed by atoms with E-state index in [2.05, 4.69) is 15.0 Å². The van der Waals surface area contributed by atoms with Gasteiger partial charge in [-0.15, -0.1) is 11.3 Å². The van der Waals surface area contributed by atoms with E-state index in [-0.39, 0.29) is 0 Å². The van der Waals surface area contributed by atoms with Gasteiger partial charge in [0.2, 0.25) is 0 Å². The van der Waals surface area contributed by atoms with Crippen molar-refractivity contribution in [3.05, 3.63) is 27.0 Å². The average Bonchev–Trinajstić information content (AvgIpc) is 2.41. The maximum absolute atomic E-state index is 7.94. The lowest BCUT2D eigenvalue weighted by molar-refractivity contribution is 0.925. The van der Waals surface area contributed by atoms with Crippen LogP contribution in [0.1, 0.15) is 5.69 Å². The largest absolute Gasteiger partial charge is 0.250 e. The van der Waals surface area contributed by atoms with Crippen LogP contribution in [0.15, 0.2) is 16.0 Å². The van der Waals surface area contributed by atoms with Crippen molar-refractivity contribution in [2.24, 2.45) is 5.11 Å². The molecule has 0 bridgehead atoms. The lowest BCUT2D eigenvalue weighted by atomic mass is 10.3. The zero-order chi connectivity index (χ0) is 7.23. The van der Waals surface area contributed by atoms with E-state index in [1.165, 1.54) is 0 Å². The maximum atomic E-state index is 7.94. The standard InChI is InChI=1S/C5H6N4S/c6-9-8-2-1-5-3-10-4-7-5/h3-4H,1-2H2. The predicted molar refractivity (Wildman–Crippen MR) is 39.8 cm³/mol.